The van der Waals surface area contributed by atoms with Crippen LogP contribution in [0.5, 0.6) is 0 Å². The Morgan fingerprint density at radius 2 is 0.633 bits per heavy atom. The molecule has 0 spiro atoms. The van der Waals surface area contributed by atoms with Crippen molar-refractivity contribution >= 4 is 17.3 Å². The van der Waals surface area contributed by atoms with Gasteiger partial charge in [0.05, 0.1) is 0 Å². The van der Waals surface area contributed by atoms with E-state index in [9.17, 15) is 0 Å². The van der Waals surface area contributed by atoms with Gasteiger partial charge in [0.1, 0.15) is 0 Å². The lowest BCUT2D eigenvalue weighted by molar-refractivity contribution is 0.545. The fourth-order valence-corrected chi connectivity index (χ4v) is 4.25. The molecule has 2 nitrogen and oxygen atoms in total. The predicted octanol–water partition coefficient (Wildman–Crippen LogP) is 9.07. The number of hydrogen-bond acceptors (Lipinski definition) is 1. The van der Waals surface area contributed by atoms with Gasteiger partial charge in [0, 0.05) is 13.1 Å². The molecule has 180 valence electrons. The van der Waals surface area contributed by atoms with Crippen molar-refractivity contribution in [2.45, 2.75) is 155 Å². The molecule has 0 unspecified atom stereocenters. The average molecular weight is 441 g/mol. The molecule has 0 rings (SSSR count). The summed E-state index contributed by atoms with van der Waals surface area (Å²) in [6.07, 6.45) is 30.7. The Labute approximate surface area is 196 Å². The molecule has 0 saturated heterocycles. The van der Waals surface area contributed by atoms with Crippen molar-refractivity contribution in [2.24, 2.45) is 0 Å². The van der Waals surface area contributed by atoms with E-state index in [4.69, 9.17) is 12.2 Å². The van der Waals surface area contributed by atoms with Crippen molar-refractivity contribution in [3.63, 3.8) is 0 Å². The van der Waals surface area contributed by atoms with Crippen LogP contribution in [0, 0.1) is 0 Å². The maximum absolute atomic E-state index is 5.39. The monoisotopic (exact) mass is 440 g/mol. The maximum atomic E-state index is 5.39. The summed E-state index contributed by atoms with van der Waals surface area (Å²) in [6.45, 7) is 6.64. The standard InChI is InChI=1S/C27H56N2S/c1-3-5-7-9-11-13-15-17-19-21-23-25-28-27(30)29-26-24-22-20-18-16-14-12-10-8-6-4-2/h3-26H2,1-2H3,(H2,28,29,30). The van der Waals surface area contributed by atoms with E-state index in [1.54, 1.807) is 0 Å². The Morgan fingerprint density at radius 3 is 0.900 bits per heavy atom. The normalized spacial score (nSPS) is 11.0. The van der Waals surface area contributed by atoms with Gasteiger partial charge in [0.25, 0.3) is 0 Å². The zero-order chi connectivity index (χ0) is 22.0. The molecule has 0 heterocycles. The summed E-state index contributed by atoms with van der Waals surface area (Å²) in [5.74, 6) is 0. The molecular weight excluding hydrogens is 384 g/mol. The zero-order valence-electron chi connectivity index (χ0n) is 20.9. The topological polar surface area (TPSA) is 24.1 Å². The molecule has 30 heavy (non-hydrogen) atoms. The fourth-order valence-electron chi connectivity index (χ4n) is 4.04. The van der Waals surface area contributed by atoms with E-state index in [0.717, 1.165) is 18.2 Å². The first-order valence-corrected chi connectivity index (χ1v) is 14.2. The molecule has 0 bridgehead atoms. The Bertz CT molecular complexity index is 303. The average Bonchev–Trinajstić information content (AvgIpc) is 2.75. The van der Waals surface area contributed by atoms with Crippen LogP contribution in [0.25, 0.3) is 0 Å². The van der Waals surface area contributed by atoms with Gasteiger partial charge in [-0.05, 0) is 25.1 Å². The van der Waals surface area contributed by atoms with Crippen molar-refractivity contribution in [3.05, 3.63) is 0 Å². The smallest absolute Gasteiger partial charge is 0.166 e. The highest BCUT2D eigenvalue weighted by Crippen LogP contribution is 2.12. The van der Waals surface area contributed by atoms with Crippen LogP contribution in [0.2, 0.25) is 0 Å². The summed E-state index contributed by atoms with van der Waals surface area (Å²) in [5, 5.41) is 7.60. The van der Waals surface area contributed by atoms with Crippen LogP contribution in [-0.2, 0) is 0 Å². The van der Waals surface area contributed by atoms with Gasteiger partial charge in [-0.3, -0.25) is 0 Å². The van der Waals surface area contributed by atoms with Gasteiger partial charge in [0.15, 0.2) is 5.11 Å². The van der Waals surface area contributed by atoms with Gasteiger partial charge in [0.2, 0.25) is 0 Å². The molecule has 0 aliphatic rings. The first kappa shape index (κ1) is 29.7. The van der Waals surface area contributed by atoms with E-state index in [0.29, 0.717) is 0 Å². The number of thiocarbonyl (C=S) groups is 1. The molecule has 3 heteroatoms. The number of hydrogen-bond donors (Lipinski definition) is 2. The van der Waals surface area contributed by atoms with Gasteiger partial charge in [-0.25, -0.2) is 0 Å². The Kier molecular flexibility index (Phi) is 26.4. The predicted molar refractivity (Wildman–Crippen MR) is 142 cm³/mol. The van der Waals surface area contributed by atoms with E-state index in [2.05, 4.69) is 24.5 Å². The summed E-state index contributed by atoms with van der Waals surface area (Å²) in [4.78, 5) is 0. The van der Waals surface area contributed by atoms with Gasteiger partial charge in [-0.15, -0.1) is 0 Å². The quantitative estimate of drug-likeness (QED) is 0.116. The van der Waals surface area contributed by atoms with E-state index < -0.39 is 0 Å². The summed E-state index contributed by atoms with van der Waals surface area (Å²) >= 11 is 5.39. The highest BCUT2D eigenvalue weighted by Gasteiger charge is 1.97. The lowest BCUT2D eigenvalue weighted by Gasteiger charge is -2.10. The van der Waals surface area contributed by atoms with E-state index in [1.165, 1.54) is 141 Å². The van der Waals surface area contributed by atoms with Gasteiger partial charge < -0.3 is 10.6 Å². The number of unbranched alkanes of at least 4 members (excludes halogenated alkanes) is 20. The minimum Gasteiger partial charge on any atom is -0.363 e. The van der Waals surface area contributed by atoms with Crippen molar-refractivity contribution < 1.29 is 0 Å². The largest absolute Gasteiger partial charge is 0.363 e. The number of nitrogens with one attached hydrogen (secondary N) is 2. The first-order chi connectivity index (χ1) is 14.8. The zero-order valence-corrected chi connectivity index (χ0v) is 21.7. The van der Waals surface area contributed by atoms with Gasteiger partial charge in [-0.1, -0.05) is 142 Å². The molecule has 0 amide bonds. The summed E-state index contributed by atoms with van der Waals surface area (Å²) < 4.78 is 0. The Morgan fingerprint density at radius 1 is 0.400 bits per heavy atom. The Balaban J connectivity index is 3.14. The van der Waals surface area contributed by atoms with Crippen LogP contribution < -0.4 is 10.6 Å². The lowest BCUT2D eigenvalue weighted by Crippen LogP contribution is -2.36. The highest BCUT2D eigenvalue weighted by atomic mass is 32.1. The molecule has 0 atom stereocenters. The first-order valence-electron chi connectivity index (χ1n) is 13.8. The third-order valence-corrected chi connectivity index (χ3v) is 6.42. The second kappa shape index (κ2) is 26.7. The van der Waals surface area contributed by atoms with Crippen LogP contribution in [0.4, 0.5) is 0 Å². The molecular formula is C27H56N2S. The van der Waals surface area contributed by atoms with Crippen LogP contribution in [-0.4, -0.2) is 18.2 Å². The summed E-state index contributed by atoms with van der Waals surface area (Å²) in [5.41, 5.74) is 0. The molecule has 0 fully saturated rings. The van der Waals surface area contributed by atoms with E-state index in [-0.39, 0.29) is 0 Å². The van der Waals surface area contributed by atoms with Gasteiger partial charge in [-0.2, -0.15) is 0 Å². The van der Waals surface area contributed by atoms with Gasteiger partial charge >= 0.3 is 0 Å². The lowest BCUT2D eigenvalue weighted by atomic mass is 10.1. The van der Waals surface area contributed by atoms with Crippen LogP contribution in [0.1, 0.15) is 155 Å². The van der Waals surface area contributed by atoms with Crippen molar-refractivity contribution in [3.8, 4) is 0 Å². The summed E-state index contributed by atoms with van der Waals surface area (Å²) in [6, 6.07) is 0. The van der Waals surface area contributed by atoms with Crippen LogP contribution in [0.3, 0.4) is 0 Å². The van der Waals surface area contributed by atoms with Crippen LogP contribution in [0.15, 0.2) is 0 Å². The number of rotatable bonds is 24. The Hall–Kier alpha value is -0.310. The third kappa shape index (κ3) is 25.7. The molecule has 0 radical (unpaired) electrons. The van der Waals surface area contributed by atoms with E-state index >= 15 is 0 Å². The molecule has 0 aliphatic heterocycles. The second-order valence-electron chi connectivity index (χ2n) is 9.25. The second-order valence-corrected chi connectivity index (χ2v) is 9.66. The van der Waals surface area contributed by atoms with Crippen LogP contribution >= 0.6 is 12.2 Å². The molecule has 0 aromatic rings. The summed E-state index contributed by atoms with van der Waals surface area (Å²) in [7, 11) is 0. The molecule has 0 aliphatic carbocycles. The fraction of sp³-hybridized carbons (Fsp3) is 0.963. The van der Waals surface area contributed by atoms with Crippen molar-refractivity contribution in [2.75, 3.05) is 13.1 Å². The molecule has 0 saturated carbocycles. The minimum atomic E-state index is 0.856. The third-order valence-electron chi connectivity index (χ3n) is 6.13. The molecule has 0 aromatic carbocycles. The molecule has 2 N–H and O–H groups in total. The maximum Gasteiger partial charge on any atom is 0.166 e. The SMILES string of the molecule is CCCCCCCCCCCCCNC(=S)NCCCCCCCCCCCCC. The van der Waals surface area contributed by atoms with E-state index in [1.807, 2.05) is 0 Å². The minimum absolute atomic E-state index is 0.856. The van der Waals surface area contributed by atoms with Crippen molar-refractivity contribution in [1.29, 1.82) is 0 Å². The molecule has 0 aromatic heterocycles. The van der Waals surface area contributed by atoms with Crippen molar-refractivity contribution in [1.82, 2.24) is 10.6 Å². The highest BCUT2D eigenvalue weighted by molar-refractivity contribution is 7.80.